The molecule has 0 aliphatic heterocycles. The number of aromatic nitrogens is 4. The van der Waals surface area contributed by atoms with Crippen molar-refractivity contribution in [3.63, 3.8) is 0 Å². The molecule has 102 valence electrons. The molecule has 0 bridgehead atoms. The van der Waals surface area contributed by atoms with Crippen molar-refractivity contribution >= 4 is 5.82 Å². The van der Waals surface area contributed by atoms with Crippen molar-refractivity contribution in [2.24, 2.45) is 13.0 Å². The number of hydrogen-bond donors (Lipinski definition) is 1. The van der Waals surface area contributed by atoms with Gasteiger partial charge in [-0.25, -0.2) is 9.97 Å². The molecular formula is C13H19N5O. The molecule has 0 saturated carbocycles. The highest BCUT2D eigenvalue weighted by molar-refractivity contribution is 5.60. The Balaban J connectivity index is 2.45. The fourth-order valence-corrected chi connectivity index (χ4v) is 1.99. The first-order valence-electron chi connectivity index (χ1n) is 6.17. The van der Waals surface area contributed by atoms with Crippen molar-refractivity contribution in [2.75, 3.05) is 12.8 Å². The minimum absolute atomic E-state index is 0.168. The molecule has 6 nitrogen and oxygen atoms in total. The Bertz CT molecular complexity index is 564. The summed E-state index contributed by atoms with van der Waals surface area (Å²) in [6, 6.07) is 1.74. The number of anilines is 1. The van der Waals surface area contributed by atoms with Crippen LogP contribution in [0.5, 0.6) is 0 Å². The molecule has 0 saturated heterocycles. The maximum Gasteiger partial charge on any atom is 0.160 e. The predicted octanol–water partition coefficient (Wildman–Crippen LogP) is 1.80. The van der Waals surface area contributed by atoms with Gasteiger partial charge in [-0.2, -0.15) is 5.10 Å². The number of nitrogen functional groups attached to an aromatic ring is 1. The second kappa shape index (κ2) is 5.36. The lowest BCUT2D eigenvalue weighted by Crippen LogP contribution is -2.14. The molecule has 1 unspecified atom stereocenters. The van der Waals surface area contributed by atoms with Crippen LogP contribution in [-0.4, -0.2) is 26.9 Å². The molecule has 0 amide bonds. The first-order chi connectivity index (χ1) is 9.01. The van der Waals surface area contributed by atoms with Gasteiger partial charge in [0.25, 0.3) is 0 Å². The Morgan fingerprint density at radius 3 is 2.58 bits per heavy atom. The van der Waals surface area contributed by atoms with Crippen LogP contribution in [0.3, 0.4) is 0 Å². The van der Waals surface area contributed by atoms with Gasteiger partial charge in [0.2, 0.25) is 0 Å². The summed E-state index contributed by atoms with van der Waals surface area (Å²) in [5.74, 6) is 1.32. The van der Waals surface area contributed by atoms with Gasteiger partial charge in [0.05, 0.1) is 11.9 Å². The number of nitrogens with two attached hydrogens (primary N) is 1. The number of methoxy groups -OCH3 is 1. The van der Waals surface area contributed by atoms with Gasteiger partial charge < -0.3 is 10.5 Å². The first kappa shape index (κ1) is 13.5. The third-order valence-electron chi connectivity index (χ3n) is 2.88. The summed E-state index contributed by atoms with van der Waals surface area (Å²) in [5, 5.41) is 4.14. The van der Waals surface area contributed by atoms with E-state index in [0.717, 1.165) is 11.3 Å². The zero-order valence-corrected chi connectivity index (χ0v) is 11.7. The van der Waals surface area contributed by atoms with Crippen LogP contribution in [-0.2, 0) is 11.8 Å². The molecule has 0 radical (unpaired) electrons. The monoisotopic (exact) mass is 261 g/mol. The molecule has 19 heavy (non-hydrogen) atoms. The molecular weight excluding hydrogens is 242 g/mol. The first-order valence-corrected chi connectivity index (χ1v) is 6.17. The zero-order chi connectivity index (χ0) is 14.0. The Morgan fingerprint density at radius 1 is 1.32 bits per heavy atom. The van der Waals surface area contributed by atoms with Crippen molar-refractivity contribution < 1.29 is 4.74 Å². The van der Waals surface area contributed by atoms with Crippen LogP contribution in [0.4, 0.5) is 5.82 Å². The van der Waals surface area contributed by atoms with Gasteiger partial charge in [0.15, 0.2) is 5.82 Å². The quantitative estimate of drug-likeness (QED) is 0.908. The van der Waals surface area contributed by atoms with Crippen LogP contribution in [0.2, 0.25) is 0 Å². The van der Waals surface area contributed by atoms with E-state index in [-0.39, 0.29) is 12.0 Å². The number of hydrogen-bond acceptors (Lipinski definition) is 5. The van der Waals surface area contributed by atoms with Crippen LogP contribution in [0, 0.1) is 5.92 Å². The molecule has 1 atom stereocenters. The summed E-state index contributed by atoms with van der Waals surface area (Å²) in [5.41, 5.74) is 7.54. The van der Waals surface area contributed by atoms with Gasteiger partial charge >= 0.3 is 0 Å². The van der Waals surface area contributed by atoms with Crippen LogP contribution >= 0.6 is 0 Å². The summed E-state index contributed by atoms with van der Waals surface area (Å²) in [7, 11) is 3.52. The summed E-state index contributed by atoms with van der Waals surface area (Å²) in [6.45, 7) is 4.12. The lowest BCUT2D eigenvalue weighted by Gasteiger charge is -2.18. The molecule has 2 aromatic rings. The highest BCUT2D eigenvalue weighted by Gasteiger charge is 2.19. The van der Waals surface area contributed by atoms with E-state index < -0.39 is 0 Å². The number of aryl methyl sites for hydroxylation is 1. The van der Waals surface area contributed by atoms with Crippen molar-refractivity contribution in [3.05, 3.63) is 24.3 Å². The Labute approximate surface area is 112 Å². The zero-order valence-electron chi connectivity index (χ0n) is 11.7. The van der Waals surface area contributed by atoms with Crippen molar-refractivity contribution in [1.29, 1.82) is 0 Å². The van der Waals surface area contributed by atoms with Gasteiger partial charge in [0, 0.05) is 32.0 Å². The second-order valence-electron chi connectivity index (χ2n) is 4.84. The highest BCUT2D eigenvalue weighted by atomic mass is 16.5. The molecule has 2 aromatic heterocycles. The topological polar surface area (TPSA) is 78.9 Å². The predicted molar refractivity (Wildman–Crippen MR) is 73.2 cm³/mol. The molecule has 2 heterocycles. The normalized spacial score (nSPS) is 12.9. The van der Waals surface area contributed by atoms with Crippen LogP contribution in [0.15, 0.2) is 18.5 Å². The van der Waals surface area contributed by atoms with E-state index in [1.54, 1.807) is 24.1 Å². The summed E-state index contributed by atoms with van der Waals surface area (Å²) in [6.07, 6.45) is 3.48. The fraction of sp³-hybridized carbons (Fsp3) is 0.462. The summed E-state index contributed by atoms with van der Waals surface area (Å²) < 4.78 is 7.17. The SMILES string of the molecule is COC(c1nc(N)cc(-c2cnn(C)c2)n1)C(C)C. The van der Waals surface area contributed by atoms with Crippen LogP contribution in [0.1, 0.15) is 25.8 Å². The minimum Gasteiger partial charge on any atom is -0.384 e. The number of nitrogens with zero attached hydrogens (tertiary/aromatic N) is 4. The summed E-state index contributed by atoms with van der Waals surface area (Å²) in [4.78, 5) is 8.81. The average molecular weight is 261 g/mol. The largest absolute Gasteiger partial charge is 0.384 e. The molecule has 0 aromatic carbocycles. The van der Waals surface area contributed by atoms with E-state index >= 15 is 0 Å². The van der Waals surface area contributed by atoms with E-state index in [1.807, 2.05) is 13.2 Å². The lowest BCUT2D eigenvalue weighted by atomic mass is 10.1. The Morgan fingerprint density at radius 2 is 2.05 bits per heavy atom. The maximum absolute atomic E-state index is 5.86. The second-order valence-corrected chi connectivity index (χ2v) is 4.84. The van der Waals surface area contributed by atoms with Gasteiger partial charge in [-0.15, -0.1) is 0 Å². The molecule has 0 aliphatic carbocycles. The molecule has 0 aliphatic rings. The molecule has 2 N–H and O–H groups in total. The third-order valence-corrected chi connectivity index (χ3v) is 2.88. The highest BCUT2D eigenvalue weighted by Crippen LogP contribution is 2.25. The van der Waals surface area contributed by atoms with Crippen LogP contribution < -0.4 is 5.73 Å². The standard InChI is InChI=1S/C13H19N5O/c1-8(2)12(19-4)13-16-10(5-11(14)17-13)9-6-15-18(3)7-9/h5-8,12H,1-4H3,(H2,14,16,17). The summed E-state index contributed by atoms with van der Waals surface area (Å²) >= 11 is 0. The minimum atomic E-state index is -0.168. The molecule has 2 rings (SSSR count). The van der Waals surface area contributed by atoms with Gasteiger partial charge in [-0.1, -0.05) is 13.8 Å². The van der Waals surface area contributed by atoms with Crippen LogP contribution in [0.25, 0.3) is 11.3 Å². The van der Waals surface area contributed by atoms with Crippen molar-refractivity contribution in [3.8, 4) is 11.3 Å². The maximum atomic E-state index is 5.86. The molecule has 0 fully saturated rings. The number of ether oxygens (including phenoxy) is 1. The van der Waals surface area contributed by atoms with Gasteiger partial charge in [-0.05, 0) is 5.92 Å². The number of rotatable bonds is 4. The van der Waals surface area contributed by atoms with Gasteiger partial charge in [0.1, 0.15) is 11.9 Å². The Kier molecular flexibility index (Phi) is 3.80. The Hall–Kier alpha value is -1.95. The lowest BCUT2D eigenvalue weighted by molar-refractivity contribution is 0.0577. The van der Waals surface area contributed by atoms with E-state index in [2.05, 4.69) is 28.9 Å². The van der Waals surface area contributed by atoms with E-state index in [4.69, 9.17) is 10.5 Å². The van der Waals surface area contributed by atoms with E-state index in [9.17, 15) is 0 Å². The third kappa shape index (κ3) is 2.90. The fourth-order valence-electron chi connectivity index (χ4n) is 1.99. The molecule has 6 heteroatoms. The van der Waals surface area contributed by atoms with Crippen molar-refractivity contribution in [1.82, 2.24) is 19.7 Å². The average Bonchev–Trinajstić information content (AvgIpc) is 2.75. The molecule has 0 spiro atoms. The van der Waals surface area contributed by atoms with E-state index in [0.29, 0.717) is 11.6 Å². The van der Waals surface area contributed by atoms with Gasteiger partial charge in [-0.3, -0.25) is 4.68 Å². The van der Waals surface area contributed by atoms with E-state index in [1.165, 1.54) is 0 Å². The smallest absolute Gasteiger partial charge is 0.160 e. The van der Waals surface area contributed by atoms with Crippen molar-refractivity contribution in [2.45, 2.75) is 20.0 Å².